The van der Waals surface area contributed by atoms with Gasteiger partial charge in [-0.3, -0.25) is 9.59 Å². The molecule has 5 N–H and O–H groups in total. The molecule has 19 heavy (non-hydrogen) atoms. The summed E-state index contributed by atoms with van der Waals surface area (Å²) in [7, 11) is -1.37. The van der Waals surface area contributed by atoms with Gasteiger partial charge in [-0.15, -0.1) is 0 Å². The number of nitrogens with two attached hydrogens (primary N) is 1. The first-order valence-corrected chi connectivity index (χ1v) is 6.46. The summed E-state index contributed by atoms with van der Waals surface area (Å²) in [5.41, 5.74) is 5.52. The van der Waals surface area contributed by atoms with E-state index in [1.54, 1.807) is 6.92 Å². The van der Waals surface area contributed by atoms with Crippen LogP contribution in [0.2, 0.25) is 6.32 Å². The average Bonchev–Trinajstić information content (AvgIpc) is 2.71. The van der Waals surface area contributed by atoms with Crippen LogP contribution in [0.25, 0.3) is 0 Å². The zero-order valence-electron chi connectivity index (χ0n) is 11.0. The van der Waals surface area contributed by atoms with Gasteiger partial charge in [-0.2, -0.15) is 0 Å². The number of likely N-dealkylation sites (tertiary alicyclic amines) is 1. The molecule has 1 aliphatic heterocycles. The Hall–Kier alpha value is -1.12. The topological polar surface area (TPSA) is 124 Å². The molecule has 2 unspecified atom stereocenters. The Bertz CT molecular complexity index is 337. The number of aliphatic carboxylic acids is 1. The monoisotopic (exact) mass is 272 g/mol. The van der Waals surface area contributed by atoms with Crippen molar-refractivity contribution in [2.45, 2.75) is 32.1 Å². The molecule has 1 aliphatic rings. The second-order valence-electron chi connectivity index (χ2n) is 5.15. The fourth-order valence-corrected chi connectivity index (χ4v) is 2.47. The Morgan fingerprint density at radius 2 is 2.05 bits per heavy atom. The van der Waals surface area contributed by atoms with Gasteiger partial charge < -0.3 is 25.8 Å². The van der Waals surface area contributed by atoms with Gasteiger partial charge in [0.15, 0.2) is 0 Å². The highest BCUT2D eigenvalue weighted by atomic mass is 16.4. The molecule has 1 amide bonds. The molecule has 1 saturated heterocycles. The number of amides is 1. The van der Waals surface area contributed by atoms with E-state index in [2.05, 4.69) is 0 Å². The van der Waals surface area contributed by atoms with E-state index in [1.807, 2.05) is 0 Å². The minimum Gasteiger partial charge on any atom is -0.481 e. The van der Waals surface area contributed by atoms with Crippen molar-refractivity contribution < 1.29 is 24.7 Å². The lowest BCUT2D eigenvalue weighted by Gasteiger charge is -2.18. The highest BCUT2D eigenvalue weighted by Gasteiger charge is 2.39. The van der Waals surface area contributed by atoms with Crippen LogP contribution in [0.15, 0.2) is 0 Å². The van der Waals surface area contributed by atoms with Gasteiger partial charge in [-0.1, -0.05) is 6.42 Å². The first-order valence-electron chi connectivity index (χ1n) is 6.46. The zero-order valence-corrected chi connectivity index (χ0v) is 11.0. The summed E-state index contributed by atoms with van der Waals surface area (Å²) in [5, 5.41) is 26.7. The Kier molecular flexibility index (Phi) is 5.77. The second kappa shape index (κ2) is 6.88. The SMILES string of the molecule is CC(N)C(=O)N1CC(CCCB(O)O)[C@H](C(=O)O)C1. The van der Waals surface area contributed by atoms with Crippen LogP contribution in [0, 0.1) is 11.8 Å². The molecule has 3 atom stereocenters. The van der Waals surface area contributed by atoms with Gasteiger partial charge in [0.25, 0.3) is 0 Å². The van der Waals surface area contributed by atoms with E-state index >= 15 is 0 Å². The van der Waals surface area contributed by atoms with E-state index in [9.17, 15) is 9.59 Å². The predicted molar refractivity (Wildman–Crippen MR) is 69.1 cm³/mol. The second-order valence-corrected chi connectivity index (χ2v) is 5.15. The first-order chi connectivity index (χ1) is 8.82. The summed E-state index contributed by atoms with van der Waals surface area (Å²) in [5.74, 6) is -1.91. The molecule has 7 nitrogen and oxygen atoms in total. The van der Waals surface area contributed by atoms with E-state index in [4.69, 9.17) is 20.9 Å². The van der Waals surface area contributed by atoms with E-state index in [-0.39, 0.29) is 24.7 Å². The van der Waals surface area contributed by atoms with Crippen molar-refractivity contribution in [1.29, 1.82) is 0 Å². The minimum atomic E-state index is -1.37. The number of hydrogen-bond acceptors (Lipinski definition) is 5. The molecule has 0 saturated carbocycles. The summed E-state index contributed by atoms with van der Waals surface area (Å²) in [6.45, 7) is 2.13. The summed E-state index contributed by atoms with van der Waals surface area (Å²) in [6, 6.07) is -0.632. The molecule has 0 aromatic heterocycles. The quantitative estimate of drug-likeness (QED) is 0.448. The van der Waals surface area contributed by atoms with Crippen LogP contribution >= 0.6 is 0 Å². The lowest BCUT2D eigenvalue weighted by Crippen LogP contribution is -2.41. The van der Waals surface area contributed by atoms with Crippen LogP contribution in [0.3, 0.4) is 0 Å². The third-order valence-electron chi connectivity index (χ3n) is 3.50. The molecule has 1 fully saturated rings. The van der Waals surface area contributed by atoms with Gasteiger partial charge in [0, 0.05) is 13.1 Å². The number of carboxylic acid groups (broad SMARTS) is 1. The average molecular weight is 272 g/mol. The molecular weight excluding hydrogens is 251 g/mol. The van der Waals surface area contributed by atoms with Crippen LogP contribution < -0.4 is 5.73 Å². The maximum absolute atomic E-state index is 11.8. The van der Waals surface area contributed by atoms with Crippen LogP contribution in [-0.2, 0) is 9.59 Å². The van der Waals surface area contributed by atoms with E-state index in [1.165, 1.54) is 4.90 Å². The van der Waals surface area contributed by atoms with E-state index in [0.29, 0.717) is 19.4 Å². The van der Waals surface area contributed by atoms with Gasteiger partial charge in [0.05, 0.1) is 12.0 Å². The summed E-state index contributed by atoms with van der Waals surface area (Å²) >= 11 is 0. The standard InChI is InChI=1S/C11H21BN2O5/c1-7(13)10(15)14-5-8(3-2-4-12(18)19)9(6-14)11(16)17/h7-9,18-19H,2-6,13H2,1H3,(H,16,17)/t7?,8?,9-/m1/s1. The Balaban J connectivity index is 2.58. The normalized spacial score (nSPS) is 24.3. The van der Waals surface area contributed by atoms with E-state index < -0.39 is 25.0 Å². The third kappa shape index (κ3) is 4.48. The van der Waals surface area contributed by atoms with Gasteiger partial charge in [-0.05, 0) is 25.6 Å². The number of carbonyl (C=O) groups is 2. The highest BCUT2D eigenvalue weighted by Crippen LogP contribution is 2.28. The molecule has 8 heteroatoms. The van der Waals surface area contributed by atoms with Crippen molar-refractivity contribution in [3.63, 3.8) is 0 Å². The molecule has 0 aromatic rings. The maximum atomic E-state index is 11.8. The lowest BCUT2D eigenvalue weighted by molar-refractivity contribution is -0.142. The number of nitrogens with zero attached hydrogens (tertiary/aromatic N) is 1. The van der Waals surface area contributed by atoms with Crippen molar-refractivity contribution in [3.05, 3.63) is 0 Å². The number of rotatable bonds is 6. The molecule has 1 heterocycles. The molecule has 0 spiro atoms. The minimum absolute atomic E-state index is 0.154. The Morgan fingerprint density at radius 1 is 1.42 bits per heavy atom. The van der Waals surface area contributed by atoms with Crippen molar-refractivity contribution in [2.24, 2.45) is 17.6 Å². The van der Waals surface area contributed by atoms with Crippen molar-refractivity contribution in [2.75, 3.05) is 13.1 Å². The fraction of sp³-hybridized carbons (Fsp3) is 0.818. The molecule has 0 radical (unpaired) electrons. The van der Waals surface area contributed by atoms with Crippen LogP contribution in [0.5, 0.6) is 0 Å². The molecule has 0 bridgehead atoms. The van der Waals surface area contributed by atoms with Crippen LogP contribution in [0.4, 0.5) is 0 Å². The van der Waals surface area contributed by atoms with Crippen molar-refractivity contribution in [3.8, 4) is 0 Å². The highest BCUT2D eigenvalue weighted by molar-refractivity contribution is 6.40. The summed E-state index contributed by atoms with van der Waals surface area (Å²) in [4.78, 5) is 24.4. The maximum Gasteiger partial charge on any atom is 0.451 e. The van der Waals surface area contributed by atoms with Gasteiger partial charge in [0.2, 0.25) is 5.91 Å². The van der Waals surface area contributed by atoms with Crippen molar-refractivity contribution >= 4 is 19.0 Å². The van der Waals surface area contributed by atoms with Gasteiger partial charge in [0.1, 0.15) is 0 Å². The Morgan fingerprint density at radius 3 is 2.53 bits per heavy atom. The van der Waals surface area contributed by atoms with Crippen molar-refractivity contribution in [1.82, 2.24) is 4.90 Å². The molecule has 108 valence electrons. The zero-order chi connectivity index (χ0) is 14.6. The number of carboxylic acids is 1. The largest absolute Gasteiger partial charge is 0.481 e. The molecule has 0 aliphatic carbocycles. The summed E-state index contributed by atoms with van der Waals surface area (Å²) in [6.07, 6.45) is 1.29. The van der Waals surface area contributed by atoms with Crippen LogP contribution in [-0.4, -0.2) is 58.2 Å². The smallest absolute Gasteiger partial charge is 0.451 e. The van der Waals surface area contributed by atoms with Gasteiger partial charge in [-0.25, -0.2) is 0 Å². The summed E-state index contributed by atoms with van der Waals surface area (Å²) < 4.78 is 0. The molecular formula is C11H21BN2O5. The van der Waals surface area contributed by atoms with Gasteiger partial charge >= 0.3 is 13.1 Å². The lowest BCUT2D eigenvalue weighted by atomic mass is 9.80. The predicted octanol–water partition coefficient (Wildman–Crippen LogP) is -1.25. The fourth-order valence-electron chi connectivity index (χ4n) is 2.47. The molecule has 1 rings (SSSR count). The van der Waals surface area contributed by atoms with E-state index in [0.717, 1.165) is 0 Å². The Labute approximate surface area is 112 Å². The number of carbonyl (C=O) groups excluding carboxylic acids is 1. The first kappa shape index (κ1) is 15.9. The van der Waals surface area contributed by atoms with Crippen LogP contribution in [0.1, 0.15) is 19.8 Å². The number of hydrogen-bond donors (Lipinski definition) is 4. The molecule has 0 aromatic carbocycles. The third-order valence-corrected chi connectivity index (χ3v) is 3.50.